The highest BCUT2D eigenvalue weighted by molar-refractivity contribution is 9.10. The molecule has 0 bridgehead atoms. The monoisotopic (exact) mass is 466 g/mol. The molecule has 2 N–H and O–H groups in total. The third-order valence-electron chi connectivity index (χ3n) is 4.30. The minimum Gasteiger partial charge on any atom is -0.354 e. The SMILES string of the molecule is CSCC[C@H](NC(=O)c1ccccc1Br)C(=O)NCCCn1nc(C)cc1C. The van der Waals surface area contributed by atoms with E-state index < -0.39 is 6.04 Å². The molecule has 0 saturated carbocycles. The van der Waals surface area contributed by atoms with Crippen molar-refractivity contribution in [1.29, 1.82) is 0 Å². The quantitative estimate of drug-likeness (QED) is 0.526. The van der Waals surface area contributed by atoms with E-state index in [9.17, 15) is 9.59 Å². The third-order valence-corrected chi connectivity index (χ3v) is 5.64. The Hall–Kier alpha value is -1.80. The highest BCUT2D eigenvalue weighted by Crippen LogP contribution is 2.16. The number of hydrogen-bond acceptors (Lipinski definition) is 4. The van der Waals surface area contributed by atoms with Crippen LogP contribution in [0.1, 0.15) is 34.6 Å². The van der Waals surface area contributed by atoms with Crippen LogP contribution in [0.2, 0.25) is 0 Å². The van der Waals surface area contributed by atoms with Crippen LogP contribution in [0.4, 0.5) is 0 Å². The van der Waals surface area contributed by atoms with E-state index in [4.69, 9.17) is 0 Å². The maximum atomic E-state index is 12.6. The van der Waals surface area contributed by atoms with Crippen molar-refractivity contribution in [2.75, 3.05) is 18.6 Å². The zero-order chi connectivity index (χ0) is 20.5. The molecule has 1 heterocycles. The van der Waals surface area contributed by atoms with Gasteiger partial charge < -0.3 is 10.6 Å². The number of rotatable bonds is 10. The van der Waals surface area contributed by atoms with E-state index in [1.165, 1.54) is 0 Å². The molecule has 0 aliphatic rings. The fourth-order valence-corrected chi connectivity index (χ4v) is 3.79. The van der Waals surface area contributed by atoms with E-state index in [-0.39, 0.29) is 11.8 Å². The first kappa shape index (κ1) is 22.5. The number of nitrogens with zero attached hydrogens (tertiary/aromatic N) is 2. The normalized spacial score (nSPS) is 11.9. The maximum Gasteiger partial charge on any atom is 0.253 e. The summed E-state index contributed by atoms with van der Waals surface area (Å²) < 4.78 is 2.66. The van der Waals surface area contributed by atoms with Crippen LogP contribution in [-0.2, 0) is 11.3 Å². The highest BCUT2D eigenvalue weighted by atomic mass is 79.9. The van der Waals surface area contributed by atoms with Gasteiger partial charge in [-0.2, -0.15) is 16.9 Å². The van der Waals surface area contributed by atoms with E-state index in [0.717, 1.165) is 30.1 Å². The van der Waals surface area contributed by atoms with Crippen LogP contribution in [0.5, 0.6) is 0 Å². The highest BCUT2D eigenvalue weighted by Gasteiger charge is 2.21. The second-order valence-electron chi connectivity index (χ2n) is 6.58. The van der Waals surface area contributed by atoms with Gasteiger partial charge in [-0.05, 0) is 72.8 Å². The van der Waals surface area contributed by atoms with Crippen LogP contribution in [0.15, 0.2) is 34.8 Å². The molecule has 28 heavy (non-hydrogen) atoms. The number of carbonyl (C=O) groups excluding carboxylic acids is 2. The van der Waals surface area contributed by atoms with Crippen molar-refractivity contribution in [2.24, 2.45) is 0 Å². The summed E-state index contributed by atoms with van der Waals surface area (Å²) in [6, 6.07) is 8.68. The zero-order valence-electron chi connectivity index (χ0n) is 16.5. The van der Waals surface area contributed by atoms with E-state index in [2.05, 4.69) is 31.7 Å². The van der Waals surface area contributed by atoms with Crippen LogP contribution in [0.25, 0.3) is 0 Å². The molecule has 1 aromatic heterocycles. The summed E-state index contributed by atoms with van der Waals surface area (Å²) in [6.07, 6.45) is 3.35. The average molecular weight is 467 g/mol. The molecule has 2 rings (SSSR count). The van der Waals surface area contributed by atoms with Crippen LogP contribution in [0, 0.1) is 13.8 Å². The predicted octanol–water partition coefficient (Wildman–Crippen LogP) is 3.32. The summed E-state index contributed by atoms with van der Waals surface area (Å²) in [4.78, 5) is 25.2. The van der Waals surface area contributed by atoms with Gasteiger partial charge in [0.05, 0.1) is 11.3 Å². The summed E-state index contributed by atoms with van der Waals surface area (Å²) in [7, 11) is 0. The van der Waals surface area contributed by atoms with Crippen molar-refractivity contribution in [3.05, 3.63) is 51.8 Å². The first-order valence-corrected chi connectivity index (χ1v) is 11.4. The Balaban J connectivity index is 1.88. The second-order valence-corrected chi connectivity index (χ2v) is 8.42. The van der Waals surface area contributed by atoms with Gasteiger partial charge in [0.2, 0.25) is 5.91 Å². The standard InChI is InChI=1S/C20H27BrN4O2S/c1-14-13-15(2)25(24-14)11-6-10-22-20(27)18(9-12-28-3)23-19(26)16-7-4-5-8-17(16)21/h4-5,7-8,13,18H,6,9-12H2,1-3H3,(H,22,27)(H,23,26)/t18-/m0/s1. The Morgan fingerprint density at radius 2 is 2.04 bits per heavy atom. The minimum atomic E-state index is -0.555. The van der Waals surface area contributed by atoms with Crippen molar-refractivity contribution in [3.63, 3.8) is 0 Å². The molecule has 1 atom stereocenters. The van der Waals surface area contributed by atoms with Gasteiger partial charge in [0, 0.05) is 23.3 Å². The summed E-state index contributed by atoms with van der Waals surface area (Å²) in [6.45, 7) is 5.28. The van der Waals surface area contributed by atoms with E-state index >= 15 is 0 Å². The van der Waals surface area contributed by atoms with Crippen molar-refractivity contribution in [1.82, 2.24) is 20.4 Å². The lowest BCUT2D eigenvalue weighted by Gasteiger charge is -2.18. The molecule has 0 fully saturated rings. The molecule has 0 saturated heterocycles. The molecule has 8 heteroatoms. The average Bonchev–Trinajstić information content (AvgIpc) is 2.99. The summed E-state index contributed by atoms with van der Waals surface area (Å²) in [5.74, 6) is 0.388. The molecule has 0 aliphatic carbocycles. The lowest BCUT2D eigenvalue weighted by atomic mass is 10.1. The molecule has 152 valence electrons. The molecule has 6 nitrogen and oxygen atoms in total. The first-order chi connectivity index (χ1) is 13.4. The number of amides is 2. The Morgan fingerprint density at radius 3 is 2.68 bits per heavy atom. The summed E-state index contributed by atoms with van der Waals surface area (Å²) in [5, 5.41) is 10.2. The van der Waals surface area contributed by atoms with Gasteiger partial charge in [-0.25, -0.2) is 0 Å². The van der Waals surface area contributed by atoms with E-state index in [1.807, 2.05) is 43.0 Å². The van der Waals surface area contributed by atoms with Crippen molar-refractivity contribution in [3.8, 4) is 0 Å². The first-order valence-electron chi connectivity index (χ1n) is 9.25. The van der Waals surface area contributed by atoms with E-state index in [0.29, 0.717) is 23.0 Å². The fourth-order valence-electron chi connectivity index (χ4n) is 2.85. The third kappa shape index (κ3) is 6.67. The molecule has 1 aromatic carbocycles. The Bertz CT molecular complexity index is 809. The maximum absolute atomic E-state index is 12.6. The van der Waals surface area contributed by atoms with Gasteiger partial charge in [-0.15, -0.1) is 0 Å². The molecule has 0 unspecified atom stereocenters. The van der Waals surface area contributed by atoms with Gasteiger partial charge >= 0.3 is 0 Å². The van der Waals surface area contributed by atoms with Crippen LogP contribution in [0.3, 0.4) is 0 Å². The van der Waals surface area contributed by atoms with Crippen LogP contribution in [-0.4, -0.2) is 46.2 Å². The van der Waals surface area contributed by atoms with Gasteiger partial charge in [0.15, 0.2) is 0 Å². The topological polar surface area (TPSA) is 76.0 Å². The molecular weight excluding hydrogens is 440 g/mol. The number of benzene rings is 1. The zero-order valence-corrected chi connectivity index (χ0v) is 18.9. The number of halogens is 1. The summed E-state index contributed by atoms with van der Waals surface area (Å²) >= 11 is 5.03. The molecular formula is C20H27BrN4O2S. The smallest absolute Gasteiger partial charge is 0.253 e. The van der Waals surface area contributed by atoms with Crippen LogP contribution >= 0.6 is 27.7 Å². The predicted molar refractivity (Wildman–Crippen MR) is 118 cm³/mol. The second kappa shape index (κ2) is 11.3. The Kier molecular flexibility index (Phi) is 9.05. The molecule has 2 amide bonds. The number of aryl methyl sites for hydroxylation is 3. The number of carbonyl (C=O) groups is 2. The number of aromatic nitrogens is 2. The number of hydrogen-bond donors (Lipinski definition) is 2. The lowest BCUT2D eigenvalue weighted by Crippen LogP contribution is -2.47. The number of nitrogens with one attached hydrogen (secondary N) is 2. The number of thioether (sulfide) groups is 1. The fraction of sp³-hybridized carbons (Fsp3) is 0.450. The minimum absolute atomic E-state index is 0.150. The molecule has 0 aliphatic heterocycles. The summed E-state index contributed by atoms with van der Waals surface area (Å²) in [5.41, 5.74) is 2.63. The molecule has 0 spiro atoms. The lowest BCUT2D eigenvalue weighted by molar-refractivity contribution is -0.123. The molecule has 0 radical (unpaired) electrons. The van der Waals surface area contributed by atoms with Gasteiger partial charge in [0.25, 0.3) is 5.91 Å². The van der Waals surface area contributed by atoms with Crippen molar-refractivity contribution < 1.29 is 9.59 Å². The van der Waals surface area contributed by atoms with Crippen molar-refractivity contribution in [2.45, 2.75) is 39.3 Å². The van der Waals surface area contributed by atoms with Gasteiger partial charge in [-0.1, -0.05) is 12.1 Å². The molecule has 2 aromatic rings. The largest absolute Gasteiger partial charge is 0.354 e. The Labute approximate surface area is 179 Å². The van der Waals surface area contributed by atoms with Crippen molar-refractivity contribution >= 4 is 39.5 Å². The van der Waals surface area contributed by atoms with Crippen LogP contribution < -0.4 is 10.6 Å². The van der Waals surface area contributed by atoms with E-state index in [1.54, 1.807) is 23.9 Å². The Morgan fingerprint density at radius 1 is 1.29 bits per heavy atom. The van der Waals surface area contributed by atoms with Gasteiger partial charge in [-0.3, -0.25) is 14.3 Å². The van der Waals surface area contributed by atoms with Gasteiger partial charge in [0.1, 0.15) is 6.04 Å².